The summed E-state index contributed by atoms with van der Waals surface area (Å²) >= 11 is 3.19. The molecular weight excluding hydrogens is 292 g/mol. The van der Waals surface area contributed by atoms with Crippen LogP contribution < -0.4 is 10.2 Å². The van der Waals surface area contributed by atoms with Crippen molar-refractivity contribution in [2.45, 2.75) is 49.8 Å². The largest absolute Gasteiger partial charge is 0.341 e. The van der Waals surface area contributed by atoms with E-state index in [9.17, 15) is 4.79 Å². The van der Waals surface area contributed by atoms with Gasteiger partial charge < -0.3 is 5.32 Å². The molecular formula is C13H24N4OS2. The molecule has 2 amide bonds. The van der Waals surface area contributed by atoms with Crippen LogP contribution in [0.2, 0.25) is 0 Å². The molecule has 7 heteroatoms. The van der Waals surface area contributed by atoms with Crippen LogP contribution in [0.3, 0.4) is 0 Å². The Bertz CT molecular complexity index is 397. The fraction of sp³-hybridized carbons (Fsp3) is 0.769. The number of aromatic nitrogens is 2. The molecule has 1 rings (SSSR count). The number of carbonyl (C=O) groups is 1. The van der Waals surface area contributed by atoms with E-state index in [1.807, 2.05) is 0 Å². The third kappa shape index (κ3) is 6.09. The standard InChI is InChI=1S/C13H24N4OS2/c1-4-5-6-7-8-9-10-19-13-16-15-12(20-13)17(3)11(18)14-2/h4-10H2,1-3H3,(H,14,18). The first-order valence-corrected chi connectivity index (χ1v) is 8.91. The maximum absolute atomic E-state index is 11.5. The summed E-state index contributed by atoms with van der Waals surface area (Å²) < 4.78 is 0.935. The first-order chi connectivity index (χ1) is 9.69. The number of unbranched alkanes of at least 4 members (excludes halogenated alkanes) is 5. The Labute approximate surface area is 129 Å². The predicted molar refractivity (Wildman–Crippen MR) is 86.9 cm³/mol. The van der Waals surface area contributed by atoms with Gasteiger partial charge in [0.25, 0.3) is 0 Å². The minimum atomic E-state index is -0.173. The highest BCUT2D eigenvalue weighted by molar-refractivity contribution is 8.01. The maximum Gasteiger partial charge on any atom is 0.323 e. The Morgan fingerprint density at radius 1 is 1.25 bits per heavy atom. The molecule has 0 aliphatic rings. The number of hydrogen-bond acceptors (Lipinski definition) is 5. The molecule has 0 saturated carbocycles. The van der Waals surface area contributed by atoms with Crippen molar-refractivity contribution in [3.63, 3.8) is 0 Å². The lowest BCUT2D eigenvalue weighted by Gasteiger charge is -2.10. The second-order valence-corrected chi connectivity index (χ2v) is 6.88. The summed E-state index contributed by atoms with van der Waals surface area (Å²) in [4.78, 5) is 12.9. The van der Waals surface area contributed by atoms with E-state index in [0.29, 0.717) is 5.13 Å². The Kier molecular flexibility index (Phi) is 8.60. The number of urea groups is 1. The summed E-state index contributed by atoms with van der Waals surface area (Å²) in [6.07, 6.45) is 7.82. The lowest BCUT2D eigenvalue weighted by atomic mass is 10.1. The molecule has 1 N–H and O–H groups in total. The fourth-order valence-corrected chi connectivity index (χ4v) is 3.56. The Balaban J connectivity index is 2.22. The van der Waals surface area contributed by atoms with Crippen molar-refractivity contribution in [3.05, 3.63) is 0 Å². The van der Waals surface area contributed by atoms with Gasteiger partial charge in [0.1, 0.15) is 0 Å². The van der Waals surface area contributed by atoms with Crippen molar-refractivity contribution in [2.24, 2.45) is 0 Å². The van der Waals surface area contributed by atoms with Crippen molar-refractivity contribution in [1.29, 1.82) is 0 Å². The van der Waals surface area contributed by atoms with Crippen LogP contribution >= 0.6 is 23.1 Å². The van der Waals surface area contributed by atoms with Gasteiger partial charge in [0.15, 0.2) is 4.34 Å². The van der Waals surface area contributed by atoms with Gasteiger partial charge in [-0.05, 0) is 6.42 Å². The monoisotopic (exact) mass is 316 g/mol. The van der Waals surface area contributed by atoms with Crippen molar-refractivity contribution >= 4 is 34.3 Å². The minimum absolute atomic E-state index is 0.173. The van der Waals surface area contributed by atoms with E-state index in [1.165, 1.54) is 54.8 Å². The Morgan fingerprint density at radius 3 is 2.65 bits per heavy atom. The van der Waals surface area contributed by atoms with Crippen molar-refractivity contribution in [2.75, 3.05) is 24.7 Å². The van der Waals surface area contributed by atoms with Gasteiger partial charge in [0.2, 0.25) is 5.13 Å². The number of rotatable bonds is 9. The van der Waals surface area contributed by atoms with E-state index in [4.69, 9.17) is 0 Å². The highest BCUT2D eigenvalue weighted by atomic mass is 32.2. The van der Waals surface area contributed by atoms with E-state index in [1.54, 1.807) is 25.9 Å². The van der Waals surface area contributed by atoms with Gasteiger partial charge in [-0.3, -0.25) is 4.90 Å². The predicted octanol–water partition coefficient (Wildman–Crippen LogP) is 3.77. The molecule has 0 bridgehead atoms. The smallest absolute Gasteiger partial charge is 0.323 e. The molecule has 1 aromatic rings. The first-order valence-electron chi connectivity index (χ1n) is 7.10. The second kappa shape index (κ2) is 9.99. The number of nitrogens with one attached hydrogen (secondary N) is 1. The minimum Gasteiger partial charge on any atom is -0.341 e. The number of carbonyl (C=O) groups excluding carboxylic acids is 1. The van der Waals surface area contributed by atoms with E-state index in [0.717, 1.165) is 10.1 Å². The second-order valence-electron chi connectivity index (χ2n) is 4.58. The molecule has 0 spiro atoms. The van der Waals surface area contributed by atoms with Crippen LogP contribution in [0.1, 0.15) is 45.4 Å². The van der Waals surface area contributed by atoms with Crippen molar-refractivity contribution in [3.8, 4) is 0 Å². The zero-order valence-electron chi connectivity index (χ0n) is 12.5. The van der Waals surface area contributed by atoms with E-state index < -0.39 is 0 Å². The van der Waals surface area contributed by atoms with Gasteiger partial charge in [-0.2, -0.15) is 0 Å². The van der Waals surface area contributed by atoms with Gasteiger partial charge in [0, 0.05) is 19.8 Å². The molecule has 0 fully saturated rings. The number of thioether (sulfide) groups is 1. The normalized spacial score (nSPS) is 10.6. The SMILES string of the molecule is CCCCCCCCSc1nnc(N(C)C(=O)NC)s1. The number of anilines is 1. The summed E-state index contributed by atoms with van der Waals surface area (Å²) in [5.74, 6) is 1.07. The van der Waals surface area contributed by atoms with Crippen LogP contribution in [0.5, 0.6) is 0 Å². The van der Waals surface area contributed by atoms with Crippen LogP contribution in [0.4, 0.5) is 9.93 Å². The van der Waals surface area contributed by atoms with Gasteiger partial charge in [-0.1, -0.05) is 62.1 Å². The summed E-state index contributed by atoms with van der Waals surface area (Å²) in [6, 6.07) is -0.173. The third-order valence-electron chi connectivity index (χ3n) is 2.92. The molecule has 0 unspecified atom stereocenters. The van der Waals surface area contributed by atoms with Gasteiger partial charge >= 0.3 is 6.03 Å². The molecule has 0 aliphatic heterocycles. The molecule has 1 heterocycles. The van der Waals surface area contributed by atoms with E-state index in [-0.39, 0.29) is 6.03 Å². The summed E-state index contributed by atoms with van der Waals surface area (Å²) in [5.41, 5.74) is 0. The summed E-state index contributed by atoms with van der Waals surface area (Å²) in [6.45, 7) is 2.23. The average molecular weight is 316 g/mol. The summed E-state index contributed by atoms with van der Waals surface area (Å²) in [5, 5.41) is 11.4. The van der Waals surface area contributed by atoms with E-state index >= 15 is 0 Å². The molecule has 0 aliphatic carbocycles. The molecule has 0 saturated heterocycles. The highest BCUT2D eigenvalue weighted by Crippen LogP contribution is 2.28. The van der Waals surface area contributed by atoms with Crippen LogP contribution in [-0.2, 0) is 0 Å². The fourth-order valence-electron chi connectivity index (χ4n) is 1.69. The van der Waals surface area contributed by atoms with E-state index in [2.05, 4.69) is 22.4 Å². The van der Waals surface area contributed by atoms with Crippen LogP contribution in [0.15, 0.2) is 4.34 Å². The topological polar surface area (TPSA) is 58.1 Å². The third-order valence-corrected chi connectivity index (χ3v) is 5.14. The molecule has 0 radical (unpaired) electrons. The Morgan fingerprint density at radius 2 is 1.95 bits per heavy atom. The molecule has 114 valence electrons. The Hall–Kier alpha value is -0.820. The number of amides is 2. The van der Waals surface area contributed by atoms with Gasteiger partial charge in [-0.25, -0.2) is 4.79 Å². The number of nitrogens with zero attached hydrogens (tertiary/aromatic N) is 3. The highest BCUT2D eigenvalue weighted by Gasteiger charge is 2.14. The number of hydrogen-bond donors (Lipinski definition) is 1. The quantitative estimate of drug-likeness (QED) is 0.428. The zero-order valence-corrected chi connectivity index (χ0v) is 14.1. The van der Waals surface area contributed by atoms with Crippen molar-refractivity contribution < 1.29 is 4.79 Å². The lowest BCUT2D eigenvalue weighted by molar-refractivity contribution is 0.249. The molecule has 20 heavy (non-hydrogen) atoms. The van der Waals surface area contributed by atoms with Gasteiger partial charge in [-0.15, -0.1) is 10.2 Å². The van der Waals surface area contributed by atoms with Crippen LogP contribution in [0, 0.1) is 0 Å². The molecule has 0 aromatic carbocycles. The lowest BCUT2D eigenvalue weighted by Crippen LogP contribution is -2.34. The van der Waals surface area contributed by atoms with Crippen molar-refractivity contribution in [1.82, 2.24) is 15.5 Å². The molecule has 5 nitrogen and oxygen atoms in total. The zero-order chi connectivity index (χ0) is 14.8. The van der Waals surface area contributed by atoms with Crippen LogP contribution in [0.25, 0.3) is 0 Å². The summed E-state index contributed by atoms with van der Waals surface area (Å²) in [7, 11) is 3.30. The average Bonchev–Trinajstić information content (AvgIpc) is 2.93. The molecule has 0 atom stereocenters. The van der Waals surface area contributed by atoms with Crippen LogP contribution in [-0.4, -0.2) is 36.1 Å². The molecule has 1 aromatic heterocycles. The maximum atomic E-state index is 11.5. The first kappa shape index (κ1) is 17.2. The van der Waals surface area contributed by atoms with Gasteiger partial charge in [0.05, 0.1) is 0 Å².